The predicted octanol–water partition coefficient (Wildman–Crippen LogP) is 1.85. The summed E-state index contributed by atoms with van der Waals surface area (Å²) in [5.74, 6) is 0.242. The molecule has 0 N–H and O–H groups in total. The van der Waals surface area contributed by atoms with Gasteiger partial charge in [-0.25, -0.2) is 0 Å². The fourth-order valence-corrected chi connectivity index (χ4v) is 1.67. The largest absolute Gasteiger partial charge is 0.479 e. The number of thioether (sulfide) groups is 1. The van der Waals surface area contributed by atoms with Gasteiger partial charge >= 0.3 is 5.97 Å². The second-order valence-corrected chi connectivity index (χ2v) is 4.04. The van der Waals surface area contributed by atoms with Gasteiger partial charge in [0.2, 0.25) is 4.38 Å². The average molecular weight is 222 g/mol. The molecule has 0 aromatic carbocycles. The van der Waals surface area contributed by atoms with Crippen LogP contribution >= 0.6 is 24.0 Å². The van der Waals surface area contributed by atoms with E-state index in [1.807, 2.05) is 6.92 Å². The van der Waals surface area contributed by atoms with Crippen molar-refractivity contribution in [3.63, 3.8) is 0 Å². The van der Waals surface area contributed by atoms with Crippen LogP contribution in [-0.2, 0) is 14.3 Å². The molecule has 0 fully saturated rings. The quantitative estimate of drug-likeness (QED) is 0.536. The van der Waals surface area contributed by atoms with Crippen LogP contribution < -0.4 is 0 Å². The van der Waals surface area contributed by atoms with Crippen LogP contribution in [0.4, 0.5) is 0 Å². The number of carbonyl (C=O) groups is 1. The summed E-state index contributed by atoms with van der Waals surface area (Å²) in [7, 11) is 1.38. The molecule has 0 aliphatic heterocycles. The Labute approximate surface area is 88.2 Å². The van der Waals surface area contributed by atoms with E-state index in [0.29, 0.717) is 16.7 Å². The molecule has 1 unspecified atom stereocenters. The van der Waals surface area contributed by atoms with Gasteiger partial charge in [0.05, 0.1) is 19.6 Å². The highest BCUT2D eigenvalue weighted by molar-refractivity contribution is 8.22. The van der Waals surface area contributed by atoms with Gasteiger partial charge in [-0.3, -0.25) is 4.79 Å². The summed E-state index contributed by atoms with van der Waals surface area (Å²) in [5.41, 5.74) is 0. The maximum Gasteiger partial charge on any atom is 0.309 e. The average Bonchev–Trinajstić information content (AvgIpc) is 2.13. The molecule has 1 atom stereocenters. The lowest BCUT2D eigenvalue weighted by Crippen LogP contribution is -2.16. The molecule has 0 amide bonds. The molecular weight excluding hydrogens is 208 g/mol. The number of thiocarbonyl (C=S) groups is 1. The third-order valence-electron chi connectivity index (χ3n) is 1.32. The van der Waals surface area contributed by atoms with Crippen molar-refractivity contribution in [3.05, 3.63) is 0 Å². The predicted molar refractivity (Wildman–Crippen MR) is 57.9 cm³/mol. The van der Waals surface area contributed by atoms with Crippen molar-refractivity contribution >= 4 is 34.3 Å². The number of rotatable bonds is 4. The molecule has 3 nitrogen and oxygen atoms in total. The first-order valence-corrected chi connectivity index (χ1v) is 5.38. The lowest BCUT2D eigenvalue weighted by molar-refractivity contribution is -0.143. The summed E-state index contributed by atoms with van der Waals surface area (Å²) < 4.78 is 10.1. The van der Waals surface area contributed by atoms with Crippen LogP contribution in [0.3, 0.4) is 0 Å². The highest BCUT2D eigenvalue weighted by Crippen LogP contribution is 2.12. The Bertz CT molecular complexity index is 182. The highest BCUT2D eigenvalue weighted by atomic mass is 32.2. The molecule has 0 aromatic rings. The zero-order valence-electron chi connectivity index (χ0n) is 8.03. The molecule has 76 valence electrons. The first kappa shape index (κ1) is 12.7. The third-order valence-corrected chi connectivity index (χ3v) is 2.81. The van der Waals surface area contributed by atoms with Gasteiger partial charge in [-0.15, -0.1) is 0 Å². The van der Waals surface area contributed by atoms with E-state index >= 15 is 0 Å². The minimum absolute atomic E-state index is 0.145. The lowest BCUT2D eigenvalue weighted by Gasteiger charge is -2.08. The molecule has 0 aliphatic rings. The van der Waals surface area contributed by atoms with Crippen molar-refractivity contribution in [1.29, 1.82) is 0 Å². The number of hydrogen-bond donors (Lipinski definition) is 0. The minimum atomic E-state index is -0.216. The molecule has 0 saturated carbocycles. The molecule has 0 rings (SSSR count). The van der Waals surface area contributed by atoms with Crippen LogP contribution in [-0.4, -0.2) is 29.8 Å². The number of ether oxygens (including phenoxy) is 2. The maximum absolute atomic E-state index is 11.0. The Balaban J connectivity index is 3.63. The van der Waals surface area contributed by atoms with E-state index in [0.717, 1.165) is 0 Å². The van der Waals surface area contributed by atoms with Crippen LogP contribution in [0.15, 0.2) is 0 Å². The van der Waals surface area contributed by atoms with Crippen LogP contribution in [0, 0.1) is 5.92 Å². The Kier molecular flexibility index (Phi) is 6.99. The van der Waals surface area contributed by atoms with Crippen molar-refractivity contribution in [3.8, 4) is 0 Å². The smallest absolute Gasteiger partial charge is 0.309 e. The van der Waals surface area contributed by atoms with Crippen molar-refractivity contribution in [2.75, 3.05) is 19.5 Å². The van der Waals surface area contributed by atoms with E-state index in [-0.39, 0.29) is 11.9 Å². The van der Waals surface area contributed by atoms with E-state index in [1.54, 1.807) is 6.92 Å². The van der Waals surface area contributed by atoms with Gasteiger partial charge in [0.1, 0.15) is 0 Å². The van der Waals surface area contributed by atoms with Gasteiger partial charge in [0.25, 0.3) is 0 Å². The van der Waals surface area contributed by atoms with Crippen molar-refractivity contribution in [2.45, 2.75) is 13.8 Å². The number of esters is 1. The Hall–Kier alpha value is -0.290. The molecule has 0 saturated heterocycles. The van der Waals surface area contributed by atoms with Crippen LogP contribution in [0.5, 0.6) is 0 Å². The summed E-state index contributed by atoms with van der Waals surface area (Å²) in [6.07, 6.45) is 0. The fourth-order valence-electron chi connectivity index (χ4n) is 0.622. The zero-order chi connectivity index (χ0) is 10.3. The molecule has 0 aromatic heterocycles. The summed E-state index contributed by atoms with van der Waals surface area (Å²) >= 11 is 6.24. The van der Waals surface area contributed by atoms with E-state index in [1.165, 1.54) is 18.9 Å². The fraction of sp³-hybridized carbons (Fsp3) is 0.750. The topological polar surface area (TPSA) is 35.5 Å². The number of carbonyl (C=O) groups excluding carboxylic acids is 1. The van der Waals surface area contributed by atoms with Gasteiger partial charge < -0.3 is 9.47 Å². The molecule has 5 heteroatoms. The molecule has 0 bridgehead atoms. The van der Waals surface area contributed by atoms with Crippen LogP contribution in [0.25, 0.3) is 0 Å². The third kappa shape index (κ3) is 5.87. The SMILES string of the molecule is CCOC(=S)SCC(C)C(=O)OC. The monoisotopic (exact) mass is 222 g/mol. The summed E-state index contributed by atoms with van der Waals surface area (Å²) in [6.45, 7) is 4.24. The first-order chi connectivity index (χ1) is 6.11. The van der Waals surface area contributed by atoms with Gasteiger partial charge in [-0.05, 0) is 19.1 Å². The number of methoxy groups -OCH3 is 1. The Morgan fingerprint density at radius 3 is 2.69 bits per heavy atom. The van der Waals surface area contributed by atoms with Crippen molar-refractivity contribution < 1.29 is 14.3 Å². The molecule has 0 aliphatic carbocycles. The maximum atomic E-state index is 11.0. The molecule has 0 radical (unpaired) electrons. The molecule has 0 spiro atoms. The van der Waals surface area contributed by atoms with Crippen molar-refractivity contribution in [1.82, 2.24) is 0 Å². The van der Waals surface area contributed by atoms with E-state index < -0.39 is 0 Å². The van der Waals surface area contributed by atoms with Gasteiger partial charge in [0.15, 0.2) is 0 Å². The molecular formula is C8H14O3S2. The zero-order valence-corrected chi connectivity index (χ0v) is 9.67. The summed E-state index contributed by atoms with van der Waals surface area (Å²) in [5, 5.41) is 0. The van der Waals surface area contributed by atoms with Crippen LogP contribution in [0.1, 0.15) is 13.8 Å². The lowest BCUT2D eigenvalue weighted by atomic mass is 10.2. The standard InChI is InChI=1S/C8H14O3S2/c1-4-11-8(12)13-5-6(2)7(9)10-3/h6H,4-5H2,1-3H3. The second kappa shape index (κ2) is 7.15. The van der Waals surface area contributed by atoms with Crippen LogP contribution in [0.2, 0.25) is 0 Å². The van der Waals surface area contributed by atoms with E-state index in [9.17, 15) is 4.79 Å². The molecule has 0 heterocycles. The minimum Gasteiger partial charge on any atom is -0.479 e. The first-order valence-electron chi connectivity index (χ1n) is 3.99. The summed E-state index contributed by atoms with van der Waals surface area (Å²) in [4.78, 5) is 11.0. The van der Waals surface area contributed by atoms with E-state index in [2.05, 4.69) is 4.74 Å². The second-order valence-electron chi connectivity index (χ2n) is 2.42. The normalized spacial score (nSPS) is 11.9. The summed E-state index contributed by atoms with van der Waals surface area (Å²) in [6, 6.07) is 0. The van der Waals surface area contributed by atoms with Gasteiger partial charge in [-0.2, -0.15) is 0 Å². The van der Waals surface area contributed by atoms with E-state index in [4.69, 9.17) is 17.0 Å². The highest BCUT2D eigenvalue weighted by Gasteiger charge is 2.14. The Morgan fingerprint density at radius 2 is 2.23 bits per heavy atom. The van der Waals surface area contributed by atoms with Gasteiger partial charge in [-0.1, -0.05) is 18.7 Å². The molecule has 13 heavy (non-hydrogen) atoms. The van der Waals surface area contributed by atoms with Crippen molar-refractivity contribution in [2.24, 2.45) is 5.92 Å². The van der Waals surface area contributed by atoms with Gasteiger partial charge in [0, 0.05) is 5.75 Å². The number of hydrogen-bond acceptors (Lipinski definition) is 5. The Morgan fingerprint density at radius 1 is 1.62 bits per heavy atom.